The van der Waals surface area contributed by atoms with Crippen LogP contribution in [0.5, 0.6) is 0 Å². The average Bonchev–Trinajstić information content (AvgIpc) is 2.16. The molecular formula is C13H28N2O. The zero-order chi connectivity index (χ0) is 12.7. The molecule has 3 nitrogen and oxygen atoms in total. The van der Waals surface area contributed by atoms with Crippen molar-refractivity contribution in [1.82, 2.24) is 4.90 Å². The molecule has 0 aliphatic rings. The fourth-order valence-corrected chi connectivity index (χ4v) is 1.97. The number of hydrogen-bond donors (Lipinski definition) is 1. The monoisotopic (exact) mass is 228 g/mol. The Hall–Kier alpha value is -0.570. The molecule has 1 amide bonds. The average molecular weight is 228 g/mol. The van der Waals surface area contributed by atoms with Gasteiger partial charge in [0.2, 0.25) is 5.91 Å². The highest BCUT2D eigenvalue weighted by molar-refractivity contribution is 5.77. The summed E-state index contributed by atoms with van der Waals surface area (Å²) in [5.74, 6) is 0.718. The summed E-state index contributed by atoms with van der Waals surface area (Å²) in [6.07, 6.45) is 2.51. The normalized spacial score (nSPS) is 13.2. The fraction of sp³-hybridized carbons (Fsp3) is 0.923. The first-order chi connectivity index (χ1) is 7.42. The van der Waals surface area contributed by atoms with Gasteiger partial charge in [-0.15, -0.1) is 0 Å². The Kier molecular flexibility index (Phi) is 7.39. The van der Waals surface area contributed by atoms with Crippen molar-refractivity contribution in [2.45, 2.75) is 66.0 Å². The molecule has 0 bridgehead atoms. The van der Waals surface area contributed by atoms with Crippen LogP contribution < -0.4 is 5.73 Å². The number of nitrogens with zero attached hydrogens (tertiary/aromatic N) is 1. The van der Waals surface area contributed by atoms with Gasteiger partial charge in [-0.1, -0.05) is 27.7 Å². The van der Waals surface area contributed by atoms with Crippen molar-refractivity contribution in [3.63, 3.8) is 0 Å². The Labute approximate surface area is 100 Å². The summed E-state index contributed by atoms with van der Waals surface area (Å²) in [4.78, 5) is 14.1. The summed E-state index contributed by atoms with van der Waals surface area (Å²) in [6, 6.07) is 0.324. The summed E-state index contributed by atoms with van der Waals surface area (Å²) >= 11 is 0. The van der Waals surface area contributed by atoms with Gasteiger partial charge in [-0.05, 0) is 25.7 Å². The van der Waals surface area contributed by atoms with Crippen molar-refractivity contribution in [3.8, 4) is 0 Å². The molecule has 16 heavy (non-hydrogen) atoms. The van der Waals surface area contributed by atoms with Crippen molar-refractivity contribution < 1.29 is 4.79 Å². The highest BCUT2D eigenvalue weighted by Gasteiger charge is 2.22. The smallest absolute Gasteiger partial charge is 0.224 e. The van der Waals surface area contributed by atoms with E-state index in [9.17, 15) is 4.79 Å². The number of hydrogen-bond acceptors (Lipinski definition) is 2. The Bertz CT molecular complexity index is 198. The van der Waals surface area contributed by atoms with E-state index in [0.29, 0.717) is 18.4 Å². The van der Waals surface area contributed by atoms with Crippen LogP contribution >= 0.6 is 0 Å². The van der Waals surface area contributed by atoms with E-state index in [1.807, 2.05) is 11.8 Å². The van der Waals surface area contributed by atoms with Crippen LogP contribution in [0.2, 0.25) is 0 Å². The highest BCUT2D eigenvalue weighted by Crippen LogP contribution is 2.13. The molecule has 0 aromatic heterocycles. The standard InChI is InChI=1S/C13H28N2O/c1-6-12(7-2)15(9-10(3)4)13(16)8-11(5)14/h10-12H,6-9,14H2,1-5H3. The summed E-state index contributed by atoms with van der Waals surface area (Å²) in [7, 11) is 0. The van der Waals surface area contributed by atoms with Crippen LogP contribution in [0.1, 0.15) is 53.9 Å². The lowest BCUT2D eigenvalue weighted by atomic mass is 10.1. The molecule has 1 unspecified atom stereocenters. The molecule has 3 heteroatoms. The van der Waals surface area contributed by atoms with Crippen LogP contribution in [0, 0.1) is 5.92 Å². The first-order valence-corrected chi connectivity index (χ1v) is 6.47. The zero-order valence-electron chi connectivity index (χ0n) is 11.5. The zero-order valence-corrected chi connectivity index (χ0v) is 11.5. The molecule has 0 fully saturated rings. The van der Waals surface area contributed by atoms with Crippen LogP contribution in [0.4, 0.5) is 0 Å². The predicted molar refractivity (Wildman–Crippen MR) is 69.2 cm³/mol. The van der Waals surface area contributed by atoms with E-state index in [0.717, 1.165) is 19.4 Å². The van der Waals surface area contributed by atoms with E-state index in [2.05, 4.69) is 27.7 Å². The lowest BCUT2D eigenvalue weighted by molar-refractivity contribution is -0.134. The van der Waals surface area contributed by atoms with Gasteiger partial charge in [-0.25, -0.2) is 0 Å². The maximum Gasteiger partial charge on any atom is 0.224 e. The third kappa shape index (κ3) is 5.50. The van der Waals surface area contributed by atoms with Crippen molar-refractivity contribution in [1.29, 1.82) is 0 Å². The molecular weight excluding hydrogens is 200 g/mol. The maximum absolute atomic E-state index is 12.1. The third-order valence-corrected chi connectivity index (χ3v) is 2.76. The second-order valence-electron chi connectivity index (χ2n) is 5.09. The second-order valence-corrected chi connectivity index (χ2v) is 5.09. The van der Waals surface area contributed by atoms with Gasteiger partial charge in [0.1, 0.15) is 0 Å². The topological polar surface area (TPSA) is 46.3 Å². The molecule has 2 N–H and O–H groups in total. The Balaban J connectivity index is 4.57. The molecule has 0 aliphatic carbocycles. The van der Waals surface area contributed by atoms with Gasteiger partial charge < -0.3 is 10.6 Å². The molecule has 0 aromatic carbocycles. The number of rotatable bonds is 7. The van der Waals surface area contributed by atoms with Gasteiger partial charge in [-0.2, -0.15) is 0 Å². The first-order valence-electron chi connectivity index (χ1n) is 6.47. The molecule has 0 rings (SSSR count). The minimum atomic E-state index is -0.0449. The van der Waals surface area contributed by atoms with Crippen LogP contribution in [0.15, 0.2) is 0 Å². The quantitative estimate of drug-likeness (QED) is 0.727. The van der Waals surface area contributed by atoms with Crippen LogP contribution in [0.25, 0.3) is 0 Å². The molecule has 0 saturated heterocycles. The van der Waals surface area contributed by atoms with Gasteiger partial charge >= 0.3 is 0 Å². The second kappa shape index (κ2) is 7.66. The van der Waals surface area contributed by atoms with Crippen molar-refractivity contribution >= 4 is 5.91 Å². The van der Waals surface area contributed by atoms with E-state index in [1.165, 1.54) is 0 Å². The van der Waals surface area contributed by atoms with E-state index in [4.69, 9.17) is 5.73 Å². The lowest BCUT2D eigenvalue weighted by Crippen LogP contribution is -2.43. The summed E-state index contributed by atoms with van der Waals surface area (Å²) in [5, 5.41) is 0. The predicted octanol–water partition coefficient (Wildman–Crippen LogP) is 2.40. The summed E-state index contributed by atoms with van der Waals surface area (Å²) < 4.78 is 0. The SMILES string of the molecule is CCC(CC)N(CC(C)C)C(=O)CC(C)N. The Morgan fingerprint density at radius 2 is 1.69 bits per heavy atom. The van der Waals surface area contributed by atoms with Crippen molar-refractivity contribution in [2.75, 3.05) is 6.54 Å². The van der Waals surface area contributed by atoms with Gasteiger partial charge in [0.05, 0.1) is 0 Å². The van der Waals surface area contributed by atoms with Gasteiger partial charge in [0, 0.05) is 25.0 Å². The molecule has 0 aliphatic heterocycles. The van der Waals surface area contributed by atoms with E-state index < -0.39 is 0 Å². The van der Waals surface area contributed by atoms with E-state index in [1.54, 1.807) is 0 Å². The number of amides is 1. The fourth-order valence-electron chi connectivity index (χ4n) is 1.97. The van der Waals surface area contributed by atoms with Crippen LogP contribution in [0.3, 0.4) is 0 Å². The van der Waals surface area contributed by atoms with Crippen molar-refractivity contribution in [3.05, 3.63) is 0 Å². The number of carbonyl (C=O) groups is 1. The number of nitrogens with two attached hydrogens (primary N) is 1. The van der Waals surface area contributed by atoms with Crippen LogP contribution in [-0.4, -0.2) is 29.4 Å². The van der Waals surface area contributed by atoms with Gasteiger partial charge in [0.25, 0.3) is 0 Å². The summed E-state index contributed by atoms with van der Waals surface area (Å²) in [5.41, 5.74) is 5.70. The minimum absolute atomic E-state index is 0.0449. The molecule has 96 valence electrons. The summed E-state index contributed by atoms with van der Waals surface area (Å²) in [6.45, 7) is 11.3. The molecule has 0 aromatic rings. The largest absolute Gasteiger partial charge is 0.339 e. The third-order valence-electron chi connectivity index (χ3n) is 2.76. The highest BCUT2D eigenvalue weighted by atomic mass is 16.2. The Morgan fingerprint density at radius 3 is 2.00 bits per heavy atom. The molecule has 0 heterocycles. The lowest BCUT2D eigenvalue weighted by Gasteiger charge is -2.32. The van der Waals surface area contributed by atoms with E-state index >= 15 is 0 Å². The number of carbonyl (C=O) groups excluding carboxylic acids is 1. The van der Waals surface area contributed by atoms with Gasteiger partial charge in [-0.3, -0.25) is 4.79 Å². The first kappa shape index (κ1) is 15.4. The van der Waals surface area contributed by atoms with Crippen molar-refractivity contribution in [2.24, 2.45) is 11.7 Å². The minimum Gasteiger partial charge on any atom is -0.339 e. The van der Waals surface area contributed by atoms with Crippen LogP contribution in [-0.2, 0) is 4.79 Å². The molecule has 0 spiro atoms. The Morgan fingerprint density at radius 1 is 1.19 bits per heavy atom. The molecule has 0 saturated carbocycles. The molecule has 0 radical (unpaired) electrons. The maximum atomic E-state index is 12.1. The molecule has 1 atom stereocenters. The van der Waals surface area contributed by atoms with E-state index in [-0.39, 0.29) is 11.9 Å². The van der Waals surface area contributed by atoms with Gasteiger partial charge in [0.15, 0.2) is 0 Å².